The maximum atomic E-state index is 12.4. The van der Waals surface area contributed by atoms with E-state index >= 15 is 0 Å². The molecular formula is C17H15BrN4O3S. The van der Waals surface area contributed by atoms with E-state index in [4.69, 9.17) is 0 Å². The first-order valence-corrected chi connectivity index (χ1v) is 9.42. The van der Waals surface area contributed by atoms with Crippen molar-refractivity contribution < 1.29 is 9.59 Å². The predicted octanol–water partition coefficient (Wildman–Crippen LogP) is 1.99. The number of benzene rings is 1. The average Bonchev–Trinajstić information content (AvgIpc) is 3.00. The zero-order chi connectivity index (χ0) is 18.7. The Bertz CT molecular complexity index is 1040. The second kappa shape index (κ2) is 7.79. The summed E-state index contributed by atoms with van der Waals surface area (Å²) < 4.78 is 2.22. The number of thiazole rings is 1. The molecular weight excluding hydrogens is 420 g/mol. The van der Waals surface area contributed by atoms with E-state index in [0.717, 1.165) is 10.2 Å². The first-order chi connectivity index (χ1) is 12.5. The molecule has 0 atom stereocenters. The van der Waals surface area contributed by atoms with Gasteiger partial charge in [0.15, 0.2) is 4.96 Å². The standard InChI is InChI=1S/C17H15BrN4O3S/c1-10-9-26-17-21-8-13(16(25)22(10)17)15(24)20-6-5-19-14(23)11-3-2-4-12(18)7-11/h2-4,7-9H,5-6H2,1H3,(H,19,23)(H,20,24). The van der Waals surface area contributed by atoms with Crippen molar-refractivity contribution in [1.29, 1.82) is 0 Å². The van der Waals surface area contributed by atoms with Crippen LogP contribution in [0.2, 0.25) is 0 Å². The number of nitrogens with one attached hydrogen (secondary N) is 2. The molecule has 2 heterocycles. The number of amides is 2. The smallest absolute Gasteiger partial charge is 0.271 e. The molecule has 2 amide bonds. The van der Waals surface area contributed by atoms with Crippen LogP contribution in [0.4, 0.5) is 0 Å². The molecule has 3 aromatic rings. The Morgan fingerprint density at radius 1 is 1.23 bits per heavy atom. The molecule has 2 N–H and O–H groups in total. The van der Waals surface area contributed by atoms with Crippen molar-refractivity contribution in [2.45, 2.75) is 6.92 Å². The van der Waals surface area contributed by atoms with Crippen molar-refractivity contribution in [1.82, 2.24) is 20.0 Å². The van der Waals surface area contributed by atoms with Crippen LogP contribution < -0.4 is 16.2 Å². The van der Waals surface area contributed by atoms with Crippen LogP contribution in [0.5, 0.6) is 0 Å². The lowest BCUT2D eigenvalue weighted by Crippen LogP contribution is -2.37. The number of nitrogens with zero attached hydrogens (tertiary/aromatic N) is 2. The number of carbonyl (C=O) groups excluding carboxylic acids is 2. The molecule has 0 spiro atoms. The van der Waals surface area contributed by atoms with E-state index in [1.165, 1.54) is 21.9 Å². The highest BCUT2D eigenvalue weighted by molar-refractivity contribution is 9.10. The van der Waals surface area contributed by atoms with E-state index in [0.29, 0.717) is 10.5 Å². The molecule has 0 aliphatic heterocycles. The van der Waals surface area contributed by atoms with E-state index in [-0.39, 0.29) is 24.6 Å². The van der Waals surface area contributed by atoms with Gasteiger partial charge in [-0.2, -0.15) is 0 Å². The quantitative estimate of drug-likeness (QED) is 0.600. The summed E-state index contributed by atoms with van der Waals surface area (Å²) in [4.78, 5) is 41.3. The average molecular weight is 435 g/mol. The molecule has 2 aromatic heterocycles. The summed E-state index contributed by atoms with van der Waals surface area (Å²) in [7, 11) is 0. The third kappa shape index (κ3) is 3.83. The molecule has 0 bridgehead atoms. The van der Waals surface area contributed by atoms with E-state index in [1.807, 2.05) is 11.4 Å². The summed E-state index contributed by atoms with van der Waals surface area (Å²) in [6, 6.07) is 7.00. The maximum absolute atomic E-state index is 12.4. The third-order valence-corrected chi connectivity index (χ3v) is 5.10. The lowest BCUT2D eigenvalue weighted by atomic mass is 10.2. The Hall–Kier alpha value is -2.52. The molecule has 0 fully saturated rings. The summed E-state index contributed by atoms with van der Waals surface area (Å²) in [5, 5.41) is 7.14. The number of hydrogen-bond acceptors (Lipinski definition) is 5. The highest BCUT2D eigenvalue weighted by Gasteiger charge is 2.15. The molecule has 0 unspecified atom stereocenters. The van der Waals surface area contributed by atoms with Crippen LogP contribution in [0.3, 0.4) is 0 Å². The molecule has 0 saturated carbocycles. The summed E-state index contributed by atoms with van der Waals surface area (Å²) in [5.74, 6) is -0.753. The first kappa shape index (κ1) is 18.3. The number of aryl methyl sites for hydroxylation is 1. The molecule has 7 nitrogen and oxygen atoms in total. The van der Waals surface area contributed by atoms with E-state index in [9.17, 15) is 14.4 Å². The van der Waals surface area contributed by atoms with Crippen LogP contribution in [-0.4, -0.2) is 34.3 Å². The molecule has 9 heteroatoms. The van der Waals surface area contributed by atoms with Gasteiger partial charge in [0.2, 0.25) is 0 Å². The Labute approximate surface area is 161 Å². The number of carbonyl (C=O) groups is 2. The van der Waals surface area contributed by atoms with Gasteiger partial charge in [0.1, 0.15) is 5.56 Å². The van der Waals surface area contributed by atoms with E-state index < -0.39 is 11.5 Å². The zero-order valence-electron chi connectivity index (χ0n) is 13.8. The molecule has 1 aromatic carbocycles. The fourth-order valence-electron chi connectivity index (χ4n) is 2.36. The molecule has 0 radical (unpaired) electrons. The van der Waals surface area contributed by atoms with Crippen LogP contribution >= 0.6 is 27.3 Å². The maximum Gasteiger partial charge on any atom is 0.271 e. The van der Waals surface area contributed by atoms with Crippen molar-refractivity contribution in [2.75, 3.05) is 13.1 Å². The third-order valence-electron chi connectivity index (χ3n) is 3.64. The van der Waals surface area contributed by atoms with Gasteiger partial charge in [-0.25, -0.2) is 4.98 Å². The molecule has 3 rings (SSSR count). The normalized spacial score (nSPS) is 10.7. The summed E-state index contributed by atoms with van der Waals surface area (Å²) in [6.45, 7) is 2.22. The van der Waals surface area contributed by atoms with Gasteiger partial charge in [-0.05, 0) is 25.1 Å². The highest BCUT2D eigenvalue weighted by Crippen LogP contribution is 2.12. The van der Waals surface area contributed by atoms with Gasteiger partial charge in [-0.3, -0.25) is 18.8 Å². The Morgan fingerprint density at radius 2 is 1.96 bits per heavy atom. The second-order valence-corrected chi connectivity index (χ2v) is 7.25. The fraction of sp³-hybridized carbons (Fsp3) is 0.176. The summed E-state index contributed by atoms with van der Waals surface area (Å²) in [5.41, 5.74) is 0.830. The van der Waals surface area contributed by atoms with Gasteiger partial charge < -0.3 is 10.6 Å². The number of halogens is 1. The topological polar surface area (TPSA) is 92.6 Å². The monoisotopic (exact) mass is 434 g/mol. The van der Waals surface area contributed by atoms with Crippen LogP contribution in [0.25, 0.3) is 4.96 Å². The van der Waals surface area contributed by atoms with Crippen LogP contribution in [0.1, 0.15) is 26.4 Å². The highest BCUT2D eigenvalue weighted by atomic mass is 79.9. The van der Waals surface area contributed by atoms with Gasteiger partial charge in [0.05, 0.1) is 0 Å². The Balaban J connectivity index is 1.58. The lowest BCUT2D eigenvalue weighted by molar-refractivity contribution is 0.0926. The van der Waals surface area contributed by atoms with Gasteiger partial charge in [0.25, 0.3) is 17.4 Å². The molecule has 0 aliphatic carbocycles. The largest absolute Gasteiger partial charge is 0.350 e. The molecule has 26 heavy (non-hydrogen) atoms. The zero-order valence-corrected chi connectivity index (χ0v) is 16.2. The Morgan fingerprint density at radius 3 is 2.69 bits per heavy atom. The fourth-order valence-corrected chi connectivity index (χ4v) is 3.59. The SMILES string of the molecule is Cc1csc2ncc(C(=O)NCCNC(=O)c3cccc(Br)c3)c(=O)n12. The van der Waals surface area contributed by atoms with Gasteiger partial charge in [-0.15, -0.1) is 11.3 Å². The summed E-state index contributed by atoms with van der Waals surface area (Å²) in [6.07, 6.45) is 1.28. The molecule has 0 aliphatic rings. The molecule has 134 valence electrons. The van der Waals surface area contributed by atoms with Crippen molar-refractivity contribution in [3.8, 4) is 0 Å². The summed E-state index contributed by atoms with van der Waals surface area (Å²) >= 11 is 4.65. The number of rotatable bonds is 5. The van der Waals surface area contributed by atoms with Crippen molar-refractivity contribution in [3.05, 3.63) is 67.5 Å². The van der Waals surface area contributed by atoms with E-state index in [2.05, 4.69) is 31.5 Å². The van der Waals surface area contributed by atoms with Crippen LogP contribution in [-0.2, 0) is 0 Å². The number of aromatic nitrogens is 2. The van der Waals surface area contributed by atoms with Crippen LogP contribution in [0.15, 0.2) is 45.1 Å². The second-order valence-electron chi connectivity index (χ2n) is 5.49. The minimum absolute atomic E-state index is 0.0256. The van der Waals surface area contributed by atoms with Crippen LogP contribution in [0, 0.1) is 6.92 Å². The minimum Gasteiger partial charge on any atom is -0.350 e. The minimum atomic E-state index is -0.515. The first-order valence-electron chi connectivity index (χ1n) is 7.75. The van der Waals surface area contributed by atoms with Crippen molar-refractivity contribution >= 4 is 44.0 Å². The van der Waals surface area contributed by atoms with Crippen molar-refractivity contribution in [2.24, 2.45) is 0 Å². The predicted molar refractivity (Wildman–Crippen MR) is 103 cm³/mol. The Kier molecular flexibility index (Phi) is 5.48. The lowest BCUT2D eigenvalue weighted by Gasteiger charge is -2.07. The van der Waals surface area contributed by atoms with Gasteiger partial charge in [0, 0.05) is 40.4 Å². The van der Waals surface area contributed by atoms with Gasteiger partial charge in [-0.1, -0.05) is 22.0 Å². The molecule has 0 saturated heterocycles. The van der Waals surface area contributed by atoms with E-state index in [1.54, 1.807) is 25.1 Å². The number of fused-ring (bicyclic) bond motifs is 1. The van der Waals surface area contributed by atoms with Gasteiger partial charge >= 0.3 is 0 Å². The number of hydrogen-bond donors (Lipinski definition) is 2. The van der Waals surface area contributed by atoms with Crippen molar-refractivity contribution in [3.63, 3.8) is 0 Å².